The molecule has 1 aromatic carbocycles. The topological polar surface area (TPSA) is 39.2 Å². The number of hydrogen-bond acceptors (Lipinski definition) is 3. The molecule has 0 aliphatic heterocycles. The highest BCUT2D eigenvalue weighted by molar-refractivity contribution is 9.10. The number of benzene rings is 1. The molecule has 2 aromatic rings. The first-order valence-corrected chi connectivity index (χ1v) is 8.50. The van der Waals surface area contributed by atoms with Gasteiger partial charge in [0.25, 0.3) is 0 Å². The molecule has 0 bridgehead atoms. The molecule has 0 aliphatic rings. The van der Waals surface area contributed by atoms with E-state index in [1.165, 1.54) is 5.56 Å². The van der Waals surface area contributed by atoms with Crippen LogP contribution in [0, 0.1) is 0 Å². The summed E-state index contributed by atoms with van der Waals surface area (Å²) in [6.07, 6.45) is 2.81. The molecule has 0 aliphatic carbocycles. The van der Waals surface area contributed by atoms with Gasteiger partial charge in [-0.05, 0) is 60.8 Å². The molecule has 0 unspecified atom stereocenters. The monoisotopic (exact) mass is 375 g/mol. The third-order valence-electron chi connectivity index (χ3n) is 3.33. The normalized spacial score (nSPS) is 12.7. The van der Waals surface area contributed by atoms with Gasteiger partial charge < -0.3 is 4.74 Å². The number of hydrogen-bond donors (Lipinski definition) is 0. The van der Waals surface area contributed by atoms with Gasteiger partial charge in [-0.1, -0.05) is 30.3 Å². The van der Waals surface area contributed by atoms with Gasteiger partial charge in [-0.25, -0.2) is 0 Å². The highest BCUT2D eigenvalue weighted by atomic mass is 79.9. The van der Waals surface area contributed by atoms with Crippen molar-refractivity contribution in [1.29, 1.82) is 0 Å². The summed E-state index contributed by atoms with van der Waals surface area (Å²) in [7, 11) is 0. The standard InChI is InChI=1S/C19H22BrNO2/c1-19(2,3)23-17(22)13-15(12-14-8-5-4-6-9-14)18-16(20)10-7-11-21-18/h4-11,15H,12-13H2,1-3H3/t15-/m1/s1. The van der Waals surface area contributed by atoms with E-state index in [1.54, 1.807) is 6.20 Å². The second-order valence-corrected chi connectivity index (χ2v) is 7.40. The molecule has 3 nitrogen and oxygen atoms in total. The largest absolute Gasteiger partial charge is 0.460 e. The first-order valence-electron chi connectivity index (χ1n) is 7.71. The minimum Gasteiger partial charge on any atom is -0.460 e. The predicted molar refractivity (Wildman–Crippen MR) is 95.3 cm³/mol. The molecule has 0 fully saturated rings. The van der Waals surface area contributed by atoms with Crippen LogP contribution in [0.15, 0.2) is 53.1 Å². The van der Waals surface area contributed by atoms with E-state index in [1.807, 2.05) is 51.1 Å². The van der Waals surface area contributed by atoms with Crippen LogP contribution in [0.3, 0.4) is 0 Å². The quantitative estimate of drug-likeness (QED) is 0.697. The number of nitrogens with zero attached hydrogens (tertiary/aromatic N) is 1. The number of rotatable bonds is 5. The number of carbonyl (C=O) groups is 1. The number of ether oxygens (including phenoxy) is 1. The SMILES string of the molecule is CC(C)(C)OC(=O)C[C@@H](Cc1ccccc1)c1ncccc1Br. The Hall–Kier alpha value is -1.68. The maximum Gasteiger partial charge on any atom is 0.306 e. The lowest BCUT2D eigenvalue weighted by Crippen LogP contribution is -2.25. The van der Waals surface area contributed by atoms with E-state index in [0.29, 0.717) is 6.42 Å². The molecule has 0 saturated heterocycles. The Morgan fingerprint density at radius 1 is 1.17 bits per heavy atom. The highest BCUT2D eigenvalue weighted by Gasteiger charge is 2.24. The third kappa shape index (κ3) is 5.79. The highest BCUT2D eigenvalue weighted by Crippen LogP contribution is 2.29. The van der Waals surface area contributed by atoms with Crippen molar-refractivity contribution >= 4 is 21.9 Å². The van der Waals surface area contributed by atoms with Crippen LogP contribution >= 0.6 is 15.9 Å². The smallest absolute Gasteiger partial charge is 0.306 e. The van der Waals surface area contributed by atoms with Crippen LogP contribution in [0.1, 0.15) is 44.4 Å². The van der Waals surface area contributed by atoms with E-state index in [9.17, 15) is 4.79 Å². The van der Waals surface area contributed by atoms with E-state index in [-0.39, 0.29) is 11.9 Å². The Morgan fingerprint density at radius 2 is 1.87 bits per heavy atom. The van der Waals surface area contributed by atoms with Gasteiger partial charge >= 0.3 is 5.97 Å². The fraction of sp³-hybridized carbons (Fsp3) is 0.368. The molecule has 2 rings (SSSR count). The summed E-state index contributed by atoms with van der Waals surface area (Å²) in [6, 6.07) is 14.0. The van der Waals surface area contributed by atoms with Gasteiger partial charge in [0.1, 0.15) is 5.60 Å². The zero-order chi connectivity index (χ0) is 16.9. The molecule has 1 aromatic heterocycles. The summed E-state index contributed by atoms with van der Waals surface area (Å²) in [5.74, 6) is -0.223. The molecule has 0 saturated carbocycles. The summed E-state index contributed by atoms with van der Waals surface area (Å²) < 4.78 is 6.41. The van der Waals surface area contributed by atoms with Crippen molar-refractivity contribution in [3.63, 3.8) is 0 Å². The summed E-state index contributed by atoms with van der Waals surface area (Å²) in [4.78, 5) is 16.7. The third-order valence-corrected chi connectivity index (χ3v) is 4.00. The first kappa shape index (κ1) is 17.7. The second-order valence-electron chi connectivity index (χ2n) is 6.55. The zero-order valence-electron chi connectivity index (χ0n) is 13.8. The van der Waals surface area contributed by atoms with Crippen molar-refractivity contribution < 1.29 is 9.53 Å². The predicted octanol–water partition coefficient (Wildman–Crippen LogP) is 4.90. The lowest BCUT2D eigenvalue weighted by Gasteiger charge is -2.22. The van der Waals surface area contributed by atoms with Crippen molar-refractivity contribution in [3.05, 3.63) is 64.4 Å². The van der Waals surface area contributed by atoms with Gasteiger partial charge in [0, 0.05) is 16.6 Å². The van der Waals surface area contributed by atoms with Crippen molar-refractivity contribution in [2.24, 2.45) is 0 Å². The second kappa shape index (κ2) is 7.73. The van der Waals surface area contributed by atoms with Crippen LogP contribution in [-0.4, -0.2) is 16.6 Å². The van der Waals surface area contributed by atoms with Crippen LogP contribution in [-0.2, 0) is 16.0 Å². The molecular formula is C19H22BrNO2. The van der Waals surface area contributed by atoms with Crippen LogP contribution in [0.4, 0.5) is 0 Å². The Bertz CT molecular complexity index is 650. The molecule has 23 heavy (non-hydrogen) atoms. The lowest BCUT2D eigenvalue weighted by atomic mass is 9.92. The maximum absolute atomic E-state index is 12.3. The van der Waals surface area contributed by atoms with Crippen molar-refractivity contribution in [3.8, 4) is 0 Å². The van der Waals surface area contributed by atoms with E-state index < -0.39 is 5.60 Å². The van der Waals surface area contributed by atoms with Gasteiger partial charge in [0.05, 0.1) is 12.1 Å². The fourth-order valence-corrected chi connectivity index (χ4v) is 3.03. The summed E-state index contributed by atoms with van der Waals surface area (Å²) in [5.41, 5.74) is 1.59. The molecule has 4 heteroatoms. The number of esters is 1. The summed E-state index contributed by atoms with van der Waals surface area (Å²) >= 11 is 3.55. The van der Waals surface area contributed by atoms with Gasteiger partial charge in [0.2, 0.25) is 0 Å². The molecule has 1 atom stereocenters. The first-order chi connectivity index (χ1) is 10.8. The van der Waals surface area contributed by atoms with Crippen LogP contribution in [0.25, 0.3) is 0 Å². The maximum atomic E-state index is 12.3. The van der Waals surface area contributed by atoms with Crippen molar-refractivity contribution in [2.45, 2.75) is 45.1 Å². The van der Waals surface area contributed by atoms with Gasteiger partial charge in [-0.3, -0.25) is 9.78 Å². The number of halogens is 1. The average molecular weight is 376 g/mol. The molecule has 0 spiro atoms. The Morgan fingerprint density at radius 3 is 2.48 bits per heavy atom. The van der Waals surface area contributed by atoms with E-state index in [2.05, 4.69) is 33.0 Å². The van der Waals surface area contributed by atoms with E-state index in [0.717, 1.165) is 16.6 Å². The van der Waals surface area contributed by atoms with Crippen LogP contribution in [0.5, 0.6) is 0 Å². The summed E-state index contributed by atoms with van der Waals surface area (Å²) in [5, 5.41) is 0. The molecule has 0 radical (unpaired) electrons. The Labute approximate surface area is 146 Å². The van der Waals surface area contributed by atoms with Crippen LogP contribution in [0.2, 0.25) is 0 Å². The number of carbonyl (C=O) groups excluding carboxylic acids is 1. The fourth-order valence-electron chi connectivity index (χ4n) is 2.45. The Balaban J connectivity index is 2.21. The molecule has 122 valence electrons. The number of aromatic nitrogens is 1. The molecule has 0 amide bonds. The van der Waals surface area contributed by atoms with Crippen LogP contribution < -0.4 is 0 Å². The molecule has 0 N–H and O–H groups in total. The van der Waals surface area contributed by atoms with E-state index >= 15 is 0 Å². The van der Waals surface area contributed by atoms with E-state index in [4.69, 9.17) is 4.74 Å². The average Bonchev–Trinajstić information content (AvgIpc) is 2.46. The summed E-state index contributed by atoms with van der Waals surface area (Å²) in [6.45, 7) is 5.65. The molecular weight excluding hydrogens is 354 g/mol. The number of pyridine rings is 1. The molecule has 1 heterocycles. The zero-order valence-corrected chi connectivity index (χ0v) is 15.3. The minimum absolute atomic E-state index is 0.0252. The van der Waals surface area contributed by atoms with Crippen molar-refractivity contribution in [2.75, 3.05) is 0 Å². The lowest BCUT2D eigenvalue weighted by molar-refractivity contribution is -0.155. The van der Waals surface area contributed by atoms with Crippen molar-refractivity contribution in [1.82, 2.24) is 4.98 Å². The van der Waals surface area contributed by atoms with Gasteiger partial charge in [-0.15, -0.1) is 0 Å². The van der Waals surface area contributed by atoms with Gasteiger partial charge in [-0.2, -0.15) is 0 Å². The van der Waals surface area contributed by atoms with Gasteiger partial charge in [0.15, 0.2) is 0 Å². The Kier molecular flexibility index (Phi) is 5.94. The minimum atomic E-state index is -0.476.